The van der Waals surface area contributed by atoms with Crippen LogP contribution in [0.3, 0.4) is 0 Å². The Labute approximate surface area is 330 Å². The fraction of sp³-hybridized carbons (Fsp3) is 0.860. The van der Waals surface area contributed by atoms with E-state index in [1.54, 1.807) is 0 Å². The second-order valence-corrected chi connectivity index (χ2v) is 16.3. The predicted molar refractivity (Wildman–Crippen MR) is 222 cm³/mol. The molecule has 11 heteroatoms. The first-order valence-corrected chi connectivity index (χ1v) is 23.4. The van der Waals surface area contributed by atoms with Gasteiger partial charge in [0.25, 0.3) is 0 Å². The Morgan fingerprint density at radius 1 is 0.593 bits per heavy atom. The number of rotatable bonds is 42. The molecule has 0 bridgehead atoms. The summed E-state index contributed by atoms with van der Waals surface area (Å²) in [6, 6.07) is -1.47. The van der Waals surface area contributed by atoms with Crippen LogP contribution in [0.5, 0.6) is 0 Å². The molecule has 0 saturated heterocycles. The standard InChI is InChI=1S/C43H82NO9P/c1-3-5-7-9-11-13-15-17-19-20-21-22-23-25-27-29-31-33-35-42(45)53-40(38-51-54(48,49)52-39-41(44)43(46)47)37-50-36-34-32-30-28-26-24-18-16-14-12-10-8-6-4-2/h8,10,14,16,40-41H,3-7,9,11-13,15,17-39,44H2,1-2H3,(H,46,47)(H,48,49)/b10-8-,16-14-. The smallest absolute Gasteiger partial charge is 0.472 e. The number of aliphatic carboxylic acids is 1. The summed E-state index contributed by atoms with van der Waals surface area (Å²) >= 11 is 0. The number of ether oxygens (including phenoxy) is 2. The second-order valence-electron chi connectivity index (χ2n) is 14.8. The van der Waals surface area contributed by atoms with E-state index in [-0.39, 0.29) is 13.0 Å². The lowest BCUT2D eigenvalue weighted by Gasteiger charge is -2.20. The van der Waals surface area contributed by atoms with Crippen molar-refractivity contribution >= 4 is 19.8 Å². The highest BCUT2D eigenvalue weighted by atomic mass is 31.2. The van der Waals surface area contributed by atoms with Crippen LogP contribution in [0.2, 0.25) is 0 Å². The Morgan fingerprint density at radius 2 is 1.06 bits per heavy atom. The lowest BCUT2D eigenvalue weighted by molar-refractivity contribution is -0.154. The molecule has 3 atom stereocenters. The number of hydrogen-bond acceptors (Lipinski definition) is 8. The molecular formula is C43H82NO9P. The summed E-state index contributed by atoms with van der Waals surface area (Å²) in [7, 11) is -4.61. The molecular weight excluding hydrogens is 705 g/mol. The highest BCUT2D eigenvalue weighted by Crippen LogP contribution is 2.43. The summed E-state index contributed by atoms with van der Waals surface area (Å²) in [5.41, 5.74) is 5.35. The van der Waals surface area contributed by atoms with Crippen LogP contribution in [0, 0.1) is 0 Å². The number of carbonyl (C=O) groups is 2. The fourth-order valence-electron chi connectivity index (χ4n) is 6.05. The molecule has 0 rings (SSSR count). The van der Waals surface area contributed by atoms with E-state index < -0.39 is 45.1 Å². The predicted octanol–water partition coefficient (Wildman–Crippen LogP) is 11.9. The van der Waals surface area contributed by atoms with Crippen molar-refractivity contribution in [2.45, 2.75) is 212 Å². The highest BCUT2D eigenvalue weighted by Gasteiger charge is 2.27. The van der Waals surface area contributed by atoms with Gasteiger partial charge >= 0.3 is 19.8 Å². The lowest BCUT2D eigenvalue weighted by atomic mass is 10.0. The van der Waals surface area contributed by atoms with Crippen LogP contribution in [0.1, 0.15) is 200 Å². The fourth-order valence-corrected chi connectivity index (χ4v) is 6.83. The highest BCUT2D eigenvalue weighted by molar-refractivity contribution is 7.47. The average Bonchev–Trinajstić information content (AvgIpc) is 3.15. The zero-order valence-corrected chi connectivity index (χ0v) is 35.5. The van der Waals surface area contributed by atoms with Crippen LogP contribution in [-0.4, -0.2) is 60.5 Å². The van der Waals surface area contributed by atoms with Gasteiger partial charge in [0, 0.05) is 13.0 Å². The lowest BCUT2D eigenvalue weighted by Crippen LogP contribution is -2.34. The quantitative estimate of drug-likeness (QED) is 0.0236. The first-order valence-electron chi connectivity index (χ1n) is 21.9. The molecule has 0 aromatic heterocycles. The van der Waals surface area contributed by atoms with Crippen molar-refractivity contribution in [3.05, 3.63) is 24.3 Å². The Bertz CT molecular complexity index is 961. The summed E-state index contributed by atoms with van der Waals surface area (Å²) < 4.78 is 33.3. The van der Waals surface area contributed by atoms with Crippen LogP contribution in [0.25, 0.3) is 0 Å². The average molecular weight is 788 g/mol. The maximum Gasteiger partial charge on any atom is 0.472 e. The second kappa shape index (κ2) is 39.7. The number of carboxylic acid groups (broad SMARTS) is 1. The van der Waals surface area contributed by atoms with E-state index in [9.17, 15) is 19.0 Å². The van der Waals surface area contributed by atoms with Gasteiger partial charge in [0.15, 0.2) is 0 Å². The van der Waals surface area contributed by atoms with Gasteiger partial charge in [-0.1, -0.05) is 179 Å². The number of phosphoric ester groups is 1. The molecule has 0 amide bonds. The van der Waals surface area contributed by atoms with Crippen molar-refractivity contribution in [2.75, 3.05) is 26.4 Å². The van der Waals surface area contributed by atoms with Crippen molar-refractivity contribution < 1.29 is 42.7 Å². The minimum absolute atomic E-state index is 0.0134. The molecule has 0 aliphatic heterocycles. The topological polar surface area (TPSA) is 155 Å². The minimum atomic E-state index is -4.61. The molecule has 0 spiro atoms. The number of hydrogen-bond donors (Lipinski definition) is 3. The van der Waals surface area contributed by atoms with E-state index in [1.165, 1.54) is 122 Å². The van der Waals surface area contributed by atoms with Crippen molar-refractivity contribution in [3.8, 4) is 0 Å². The van der Waals surface area contributed by atoms with Gasteiger partial charge in [-0.2, -0.15) is 0 Å². The van der Waals surface area contributed by atoms with Gasteiger partial charge in [0.2, 0.25) is 0 Å². The third-order valence-electron chi connectivity index (χ3n) is 9.46. The van der Waals surface area contributed by atoms with E-state index in [0.717, 1.165) is 51.4 Å². The summed E-state index contributed by atoms with van der Waals surface area (Å²) in [4.78, 5) is 33.5. The molecule has 54 heavy (non-hydrogen) atoms. The first kappa shape index (κ1) is 52.5. The number of allylic oxidation sites excluding steroid dienone is 4. The van der Waals surface area contributed by atoms with Crippen molar-refractivity contribution in [1.29, 1.82) is 0 Å². The van der Waals surface area contributed by atoms with Crippen LogP contribution in [0.4, 0.5) is 0 Å². The molecule has 0 saturated carbocycles. The molecule has 0 fully saturated rings. The molecule has 10 nitrogen and oxygen atoms in total. The zero-order valence-electron chi connectivity index (χ0n) is 34.6. The van der Waals surface area contributed by atoms with E-state index in [1.807, 2.05) is 0 Å². The van der Waals surface area contributed by atoms with Gasteiger partial charge in [0.1, 0.15) is 12.1 Å². The number of carbonyl (C=O) groups excluding carboxylic acids is 1. The van der Waals surface area contributed by atoms with E-state index in [0.29, 0.717) is 13.0 Å². The van der Waals surface area contributed by atoms with Gasteiger partial charge < -0.3 is 25.2 Å². The third kappa shape index (κ3) is 38.7. The van der Waals surface area contributed by atoms with Gasteiger partial charge in [-0.3, -0.25) is 18.6 Å². The number of phosphoric acid groups is 1. The van der Waals surface area contributed by atoms with Crippen molar-refractivity contribution in [1.82, 2.24) is 0 Å². The number of unbranched alkanes of at least 4 members (excludes halogenated alkanes) is 24. The Balaban J connectivity index is 4.20. The molecule has 0 aromatic rings. The van der Waals surface area contributed by atoms with Gasteiger partial charge in [0.05, 0.1) is 19.8 Å². The molecule has 3 unspecified atom stereocenters. The Kier molecular flexibility index (Phi) is 38.5. The summed E-state index contributed by atoms with van der Waals surface area (Å²) in [5.74, 6) is -1.78. The van der Waals surface area contributed by atoms with Crippen LogP contribution in [-0.2, 0) is 32.7 Å². The summed E-state index contributed by atoms with van der Waals surface area (Å²) in [6.07, 6.45) is 42.3. The van der Waals surface area contributed by atoms with Crippen LogP contribution >= 0.6 is 7.82 Å². The van der Waals surface area contributed by atoms with Crippen molar-refractivity contribution in [2.24, 2.45) is 5.73 Å². The summed E-state index contributed by atoms with van der Waals surface area (Å²) in [6.45, 7) is 3.82. The van der Waals surface area contributed by atoms with E-state index in [2.05, 4.69) is 38.2 Å². The zero-order chi connectivity index (χ0) is 39.8. The monoisotopic (exact) mass is 788 g/mol. The number of nitrogens with two attached hydrogens (primary N) is 1. The molecule has 0 heterocycles. The summed E-state index contributed by atoms with van der Waals surface area (Å²) in [5, 5.41) is 8.89. The maximum atomic E-state index is 12.6. The normalized spacial score (nSPS) is 14.1. The van der Waals surface area contributed by atoms with Gasteiger partial charge in [-0.15, -0.1) is 0 Å². The SMILES string of the molecule is CCC/C=C\C/C=C\CCCCCCCCOCC(COP(=O)(O)OCC(N)C(=O)O)OC(=O)CCCCCCCCCCCCCCCCCCCC. The van der Waals surface area contributed by atoms with Crippen molar-refractivity contribution in [3.63, 3.8) is 0 Å². The molecule has 0 radical (unpaired) electrons. The minimum Gasteiger partial charge on any atom is -0.480 e. The Hall–Kier alpha value is -1.55. The van der Waals surface area contributed by atoms with Crippen LogP contribution < -0.4 is 5.73 Å². The molecule has 318 valence electrons. The number of esters is 1. The molecule has 0 aliphatic rings. The Morgan fingerprint density at radius 3 is 1.57 bits per heavy atom. The third-order valence-corrected chi connectivity index (χ3v) is 10.4. The van der Waals surface area contributed by atoms with Crippen LogP contribution in [0.15, 0.2) is 24.3 Å². The molecule has 4 N–H and O–H groups in total. The van der Waals surface area contributed by atoms with E-state index in [4.69, 9.17) is 29.4 Å². The van der Waals surface area contributed by atoms with E-state index >= 15 is 0 Å². The van der Waals surface area contributed by atoms with Gasteiger partial charge in [-0.25, -0.2) is 4.57 Å². The maximum absolute atomic E-state index is 12.6. The molecule has 0 aromatic carbocycles. The molecule has 0 aliphatic carbocycles. The first-order chi connectivity index (χ1) is 26.2. The largest absolute Gasteiger partial charge is 0.480 e. The number of carboxylic acids is 1. The van der Waals surface area contributed by atoms with Gasteiger partial charge in [-0.05, 0) is 38.5 Å².